The SMILES string of the molecule is Cc1ccc(-c2c(C(F)(F)F)nn3c(N4CCC(C)CC4)cc(C)nc23)cc1. The molecule has 1 fully saturated rings. The van der Waals surface area contributed by atoms with Crippen LogP contribution in [0.3, 0.4) is 0 Å². The minimum Gasteiger partial charge on any atom is -0.356 e. The van der Waals surface area contributed by atoms with Gasteiger partial charge in [-0.25, -0.2) is 4.98 Å². The highest BCUT2D eigenvalue weighted by Crippen LogP contribution is 2.40. The average Bonchev–Trinajstić information content (AvgIpc) is 3.02. The van der Waals surface area contributed by atoms with E-state index in [1.807, 2.05) is 32.0 Å². The van der Waals surface area contributed by atoms with Gasteiger partial charge in [0.1, 0.15) is 5.82 Å². The van der Waals surface area contributed by atoms with Crippen LogP contribution in [0.15, 0.2) is 30.3 Å². The predicted octanol–water partition coefficient (Wildman–Crippen LogP) is 5.27. The van der Waals surface area contributed by atoms with Crippen molar-refractivity contribution in [2.45, 2.75) is 39.8 Å². The molecular formula is C21H23F3N4. The molecule has 4 nitrogen and oxygen atoms in total. The minimum absolute atomic E-state index is 0.0443. The zero-order valence-electron chi connectivity index (χ0n) is 16.2. The van der Waals surface area contributed by atoms with E-state index in [4.69, 9.17) is 0 Å². The molecule has 1 aromatic carbocycles. The summed E-state index contributed by atoms with van der Waals surface area (Å²) in [5.74, 6) is 1.31. The van der Waals surface area contributed by atoms with Gasteiger partial charge in [0.2, 0.25) is 0 Å². The van der Waals surface area contributed by atoms with Gasteiger partial charge in [-0.3, -0.25) is 0 Å². The third-order valence-electron chi connectivity index (χ3n) is 5.41. The second-order valence-electron chi connectivity index (χ2n) is 7.75. The Balaban J connectivity index is 1.96. The van der Waals surface area contributed by atoms with Crippen molar-refractivity contribution >= 4 is 11.5 Å². The van der Waals surface area contributed by atoms with Crippen LogP contribution >= 0.6 is 0 Å². The van der Waals surface area contributed by atoms with Crippen LogP contribution in [0, 0.1) is 19.8 Å². The lowest BCUT2D eigenvalue weighted by molar-refractivity contribution is -0.140. The van der Waals surface area contributed by atoms with Crippen LogP contribution in [0.25, 0.3) is 16.8 Å². The van der Waals surface area contributed by atoms with Crippen LogP contribution in [-0.4, -0.2) is 27.7 Å². The first-order valence-corrected chi connectivity index (χ1v) is 9.53. The van der Waals surface area contributed by atoms with E-state index >= 15 is 0 Å². The van der Waals surface area contributed by atoms with E-state index in [0.29, 0.717) is 23.0 Å². The van der Waals surface area contributed by atoms with Crippen LogP contribution in [0.2, 0.25) is 0 Å². The van der Waals surface area contributed by atoms with Gasteiger partial charge in [-0.2, -0.15) is 22.8 Å². The van der Waals surface area contributed by atoms with Gasteiger partial charge >= 0.3 is 6.18 Å². The second kappa shape index (κ2) is 6.79. The van der Waals surface area contributed by atoms with E-state index in [1.165, 1.54) is 4.52 Å². The Hall–Kier alpha value is -2.57. The third-order valence-corrected chi connectivity index (χ3v) is 5.41. The Morgan fingerprint density at radius 1 is 1.04 bits per heavy atom. The van der Waals surface area contributed by atoms with E-state index in [1.54, 1.807) is 12.1 Å². The number of piperidine rings is 1. The molecule has 7 heteroatoms. The highest BCUT2D eigenvalue weighted by molar-refractivity contribution is 5.81. The smallest absolute Gasteiger partial charge is 0.356 e. The molecule has 0 unspecified atom stereocenters. The van der Waals surface area contributed by atoms with Crippen molar-refractivity contribution in [2.24, 2.45) is 5.92 Å². The molecule has 4 rings (SSSR count). The Kier molecular flexibility index (Phi) is 4.56. The Bertz CT molecular complexity index is 997. The van der Waals surface area contributed by atoms with Gasteiger partial charge in [-0.1, -0.05) is 36.8 Å². The molecule has 2 aromatic heterocycles. The molecule has 148 valence electrons. The van der Waals surface area contributed by atoms with Gasteiger partial charge in [0.15, 0.2) is 11.3 Å². The monoisotopic (exact) mass is 388 g/mol. The first kappa shape index (κ1) is 18.8. The van der Waals surface area contributed by atoms with E-state index in [2.05, 4.69) is 21.9 Å². The van der Waals surface area contributed by atoms with Crippen LogP contribution in [-0.2, 0) is 6.18 Å². The van der Waals surface area contributed by atoms with Gasteiger partial charge < -0.3 is 4.90 Å². The van der Waals surface area contributed by atoms with Crippen LogP contribution in [0.5, 0.6) is 0 Å². The van der Waals surface area contributed by atoms with Crippen molar-refractivity contribution in [3.63, 3.8) is 0 Å². The first-order chi connectivity index (χ1) is 13.2. The molecule has 0 N–H and O–H groups in total. The zero-order chi connectivity index (χ0) is 20.1. The summed E-state index contributed by atoms with van der Waals surface area (Å²) in [6.07, 6.45) is -2.53. The molecule has 3 heterocycles. The molecule has 1 aliphatic rings. The highest BCUT2D eigenvalue weighted by Gasteiger charge is 2.39. The summed E-state index contributed by atoms with van der Waals surface area (Å²) in [5.41, 5.74) is 1.56. The normalized spacial score (nSPS) is 16.1. The molecule has 1 aliphatic heterocycles. The highest BCUT2D eigenvalue weighted by atomic mass is 19.4. The Morgan fingerprint density at radius 3 is 2.29 bits per heavy atom. The van der Waals surface area contributed by atoms with Crippen molar-refractivity contribution in [1.29, 1.82) is 0 Å². The first-order valence-electron chi connectivity index (χ1n) is 9.53. The largest absolute Gasteiger partial charge is 0.435 e. The Morgan fingerprint density at radius 2 is 1.68 bits per heavy atom. The zero-order valence-corrected chi connectivity index (χ0v) is 16.2. The molecule has 1 saturated heterocycles. The molecule has 3 aromatic rings. The van der Waals surface area contributed by atoms with Gasteiger partial charge in [-0.15, -0.1) is 0 Å². The van der Waals surface area contributed by atoms with Crippen molar-refractivity contribution < 1.29 is 13.2 Å². The number of alkyl halides is 3. The Labute approximate surface area is 162 Å². The fourth-order valence-electron chi connectivity index (χ4n) is 3.77. The number of nitrogens with zero attached hydrogens (tertiary/aromatic N) is 4. The number of aromatic nitrogens is 3. The maximum atomic E-state index is 13.9. The second-order valence-corrected chi connectivity index (χ2v) is 7.75. The van der Waals surface area contributed by atoms with E-state index in [0.717, 1.165) is 31.5 Å². The number of aryl methyl sites for hydroxylation is 2. The molecule has 0 radical (unpaired) electrons. The van der Waals surface area contributed by atoms with Gasteiger partial charge in [0, 0.05) is 24.8 Å². The maximum absolute atomic E-state index is 13.9. The van der Waals surface area contributed by atoms with Crippen LogP contribution < -0.4 is 4.90 Å². The van der Waals surface area contributed by atoms with Crippen molar-refractivity contribution in [2.75, 3.05) is 18.0 Å². The summed E-state index contributed by atoms with van der Waals surface area (Å²) < 4.78 is 43.0. The van der Waals surface area contributed by atoms with E-state index < -0.39 is 11.9 Å². The third kappa shape index (κ3) is 3.34. The fraction of sp³-hybridized carbons (Fsp3) is 0.429. The summed E-state index contributed by atoms with van der Waals surface area (Å²) >= 11 is 0. The number of fused-ring (bicyclic) bond motifs is 1. The van der Waals surface area contributed by atoms with Crippen molar-refractivity contribution in [3.05, 3.63) is 47.3 Å². The van der Waals surface area contributed by atoms with Crippen molar-refractivity contribution in [1.82, 2.24) is 14.6 Å². The number of halogens is 3. The van der Waals surface area contributed by atoms with E-state index in [-0.39, 0.29) is 11.2 Å². The van der Waals surface area contributed by atoms with Gasteiger partial charge in [-0.05, 0) is 38.2 Å². The molecule has 0 atom stereocenters. The predicted molar refractivity (Wildman–Crippen MR) is 104 cm³/mol. The molecule has 0 spiro atoms. The maximum Gasteiger partial charge on any atom is 0.435 e. The summed E-state index contributed by atoms with van der Waals surface area (Å²) in [5, 5.41) is 4.01. The molecule has 0 amide bonds. The number of benzene rings is 1. The number of rotatable bonds is 2. The lowest BCUT2D eigenvalue weighted by atomic mass is 9.99. The van der Waals surface area contributed by atoms with Gasteiger partial charge in [0.05, 0.1) is 5.56 Å². The van der Waals surface area contributed by atoms with E-state index in [9.17, 15) is 13.2 Å². The molecule has 28 heavy (non-hydrogen) atoms. The molecule has 0 saturated carbocycles. The summed E-state index contributed by atoms with van der Waals surface area (Å²) in [4.78, 5) is 6.57. The minimum atomic E-state index is -4.56. The summed E-state index contributed by atoms with van der Waals surface area (Å²) in [6, 6.07) is 8.85. The summed E-state index contributed by atoms with van der Waals surface area (Å²) in [7, 11) is 0. The average molecular weight is 388 g/mol. The fourth-order valence-corrected chi connectivity index (χ4v) is 3.77. The number of hydrogen-bond donors (Lipinski definition) is 0. The quantitative estimate of drug-likeness (QED) is 0.600. The number of anilines is 1. The summed E-state index contributed by atoms with van der Waals surface area (Å²) in [6.45, 7) is 7.54. The topological polar surface area (TPSA) is 33.4 Å². The van der Waals surface area contributed by atoms with Crippen molar-refractivity contribution in [3.8, 4) is 11.1 Å². The molecule has 0 bridgehead atoms. The van der Waals surface area contributed by atoms with Crippen LogP contribution in [0.1, 0.15) is 36.7 Å². The van der Waals surface area contributed by atoms with Crippen LogP contribution in [0.4, 0.5) is 19.0 Å². The molecular weight excluding hydrogens is 365 g/mol. The molecule has 0 aliphatic carbocycles. The lowest BCUT2D eigenvalue weighted by Crippen LogP contribution is -2.34. The van der Waals surface area contributed by atoms with Gasteiger partial charge in [0.25, 0.3) is 0 Å². The standard InChI is InChI=1S/C21H23F3N4/c1-13-4-6-16(7-5-13)18-19(21(22,23)24)26-28-17(12-15(3)25-20(18)28)27-10-8-14(2)9-11-27/h4-7,12,14H,8-11H2,1-3H3. The number of hydrogen-bond acceptors (Lipinski definition) is 3. The lowest BCUT2D eigenvalue weighted by Gasteiger charge is -2.32.